The second-order valence-electron chi connectivity index (χ2n) is 7.74. The van der Waals surface area contributed by atoms with Gasteiger partial charge >= 0.3 is 5.97 Å². The van der Waals surface area contributed by atoms with Crippen LogP contribution in [0.15, 0.2) is 0 Å². The standard InChI is InChI=1S/C16H27NO3/c1-15(2,14(19)20)16(3,4)17-13(18)9-12-8-10-5-6-11(12)7-10/h10-12H,5-9H2,1-4H3,(H,17,18)(H,19,20). The molecule has 2 rings (SSSR count). The summed E-state index contributed by atoms with van der Waals surface area (Å²) in [5.41, 5.74) is -1.75. The molecule has 2 N–H and O–H groups in total. The lowest BCUT2D eigenvalue weighted by molar-refractivity contribution is -0.151. The highest BCUT2D eigenvalue weighted by molar-refractivity contribution is 5.80. The number of fused-ring (bicyclic) bond motifs is 2. The molecule has 4 heteroatoms. The Bertz CT molecular complexity index is 414. The molecule has 20 heavy (non-hydrogen) atoms. The van der Waals surface area contributed by atoms with Crippen molar-refractivity contribution in [1.29, 1.82) is 0 Å². The third-order valence-corrected chi connectivity index (χ3v) is 5.88. The highest BCUT2D eigenvalue weighted by Gasteiger charge is 2.45. The van der Waals surface area contributed by atoms with Crippen molar-refractivity contribution in [2.75, 3.05) is 0 Å². The van der Waals surface area contributed by atoms with Crippen LogP contribution in [0.4, 0.5) is 0 Å². The number of rotatable bonds is 5. The molecule has 0 radical (unpaired) electrons. The van der Waals surface area contributed by atoms with E-state index >= 15 is 0 Å². The molecule has 3 unspecified atom stereocenters. The molecule has 0 aromatic carbocycles. The zero-order valence-electron chi connectivity index (χ0n) is 13.0. The quantitative estimate of drug-likeness (QED) is 0.814. The number of nitrogens with one attached hydrogen (secondary N) is 1. The van der Waals surface area contributed by atoms with Gasteiger partial charge in [-0.15, -0.1) is 0 Å². The molecular formula is C16H27NO3. The molecule has 2 fully saturated rings. The molecule has 2 aliphatic carbocycles. The van der Waals surface area contributed by atoms with Gasteiger partial charge in [0.15, 0.2) is 0 Å². The van der Waals surface area contributed by atoms with Crippen molar-refractivity contribution in [3.8, 4) is 0 Å². The van der Waals surface area contributed by atoms with Crippen LogP contribution in [-0.2, 0) is 9.59 Å². The van der Waals surface area contributed by atoms with Gasteiger partial charge in [0, 0.05) is 12.0 Å². The first kappa shape index (κ1) is 15.3. The van der Waals surface area contributed by atoms with Crippen molar-refractivity contribution in [3.05, 3.63) is 0 Å². The maximum absolute atomic E-state index is 12.3. The lowest BCUT2D eigenvalue weighted by Crippen LogP contribution is -2.57. The Morgan fingerprint density at radius 1 is 1.15 bits per heavy atom. The van der Waals surface area contributed by atoms with Gasteiger partial charge in [0.1, 0.15) is 0 Å². The van der Waals surface area contributed by atoms with Crippen LogP contribution >= 0.6 is 0 Å². The lowest BCUT2D eigenvalue weighted by Gasteiger charge is -2.39. The van der Waals surface area contributed by atoms with Crippen molar-refractivity contribution in [2.45, 2.75) is 65.3 Å². The van der Waals surface area contributed by atoms with Crippen molar-refractivity contribution >= 4 is 11.9 Å². The maximum Gasteiger partial charge on any atom is 0.311 e. The summed E-state index contributed by atoms with van der Waals surface area (Å²) in [6, 6.07) is 0. The molecule has 3 atom stereocenters. The van der Waals surface area contributed by atoms with E-state index in [1.807, 2.05) is 0 Å². The Balaban J connectivity index is 1.92. The zero-order valence-corrected chi connectivity index (χ0v) is 13.0. The van der Waals surface area contributed by atoms with E-state index < -0.39 is 16.9 Å². The van der Waals surface area contributed by atoms with Gasteiger partial charge in [-0.3, -0.25) is 9.59 Å². The molecule has 1 amide bonds. The Morgan fingerprint density at radius 2 is 1.80 bits per heavy atom. The van der Waals surface area contributed by atoms with Crippen LogP contribution in [0.3, 0.4) is 0 Å². The zero-order chi connectivity index (χ0) is 15.1. The Kier molecular flexibility index (Phi) is 3.87. The summed E-state index contributed by atoms with van der Waals surface area (Å²) in [5.74, 6) is 1.18. The summed E-state index contributed by atoms with van der Waals surface area (Å²) >= 11 is 0. The number of carbonyl (C=O) groups excluding carboxylic acids is 1. The Morgan fingerprint density at radius 3 is 2.25 bits per heavy atom. The first-order valence-corrected chi connectivity index (χ1v) is 7.68. The van der Waals surface area contributed by atoms with E-state index in [-0.39, 0.29) is 5.91 Å². The second-order valence-corrected chi connectivity index (χ2v) is 7.74. The molecule has 0 saturated heterocycles. The molecule has 4 nitrogen and oxygen atoms in total. The minimum Gasteiger partial charge on any atom is -0.481 e. The molecule has 0 aliphatic heterocycles. The lowest BCUT2D eigenvalue weighted by atomic mass is 9.74. The van der Waals surface area contributed by atoms with Gasteiger partial charge in [-0.1, -0.05) is 6.42 Å². The van der Waals surface area contributed by atoms with Crippen molar-refractivity contribution in [1.82, 2.24) is 5.32 Å². The van der Waals surface area contributed by atoms with Gasteiger partial charge in [-0.25, -0.2) is 0 Å². The molecular weight excluding hydrogens is 254 g/mol. The van der Waals surface area contributed by atoms with Gasteiger partial charge in [0.25, 0.3) is 0 Å². The average Bonchev–Trinajstić information content (AvgIpc) is 2.89. The monoisotopic (exact) mass is 281 g/mol. The third-order valence-electron chi connectivity index (χ3n) is 5.88. The van der Waals surface area contributed by atoms with Crippen LogP contribution in [0.2, 0.25) is 0 Å². The summed E-state index contributed by atoms with van der Waals surface area (Å²) in [7, 11) is 0. The Hall–Kier alpha value is -1.06. The van der Waals surface area contributed by atoms with E-state index in [9.17, 15) is 14.7 Å². The van der Waals surface area contributed by atoms with Crippen LogP contribution in [-0.4, -0.2) is 22.5 Å². The van der Waals surface area contributed by atoms with Gasteiger partial charge < -0.3 is 10.4 Å². The summed E-state index contributed by atoms with van der Waals surface area (Å²) in [4.78, 5) is 23.6. The number of hydrogen-bond donors (Lipinski definition) is 2. The van der Waals surface area contributed by atoms with E-state index in [4.69, 9.17) is 0 Å². The number of hydrogen-bond acceptors (Lipinski definition) is 2. The van der Waals surface area contributed by atoms with Crippen molar-refractivity contribution in [2.24, 2.45) is 23.2 Å². The fourth-order valence-corrected chi connectivity index (χ4v) is 3.69. The highest BCUT2D eigenvalue weighted by Crippen LogP contribution is 2.49. The summed E-state index contributed by atoms with van der Waals surface area (Å²) in [6.07, 6.45) is 5.63. The van der Waals surface area contributed by atoms with Crippen molar-refractivity contribution < 1.29 is 14.7 Å². The molecule has 0 aromatic rings. The van der Waals surface area contributed by atoms with E-state index in [0.29, 0.717) is 12.3 Å². The Labute approximate surface area is 121 Å². The fraction of sp³-hybridized carbons (Fsp3) is 0.875. The topological polar surface area (TPSA) is 66.4 Å². The van der Waals surface area contributed by atoms with Gasteiger partial charge in [-0.2, -0.15) is 0 Å². The smallest absolute Gasteiger partial charge is 0.311 e. The fourth-order valence-electron chi connectivity index (χ4n) is 3.69. The molecule has 0 aromatic heterocycles. The largest absolute Gasteiger partial charge is 0.481 e. The number of carboxylic acids is 1. The maximum atomic E-state index is 12.3. The molecule has 2 saturated carbocycles. The summed E-state index contributed by atoms with van der Waals surface area (Å²) in [6.45, 7) is 6.90. The minimum atomic E-state index is -0.989. The highest BCUT2D eigenvalue weighted by atomic mass is 16.4. The van der Waals surface area contributed by atoms with Gasteiger partial charge in [0.2, 0.25) is 5.91 Å². The van der Waals surface area contributed by atoms with Crippen molar-refractivity contribution in [3.63, 3.8) is 0 Å². The van der Waals surface area contributed by atoms with Crippen LogP contribution < -0.4 is 5.32 Å². The number of amides is 1. The van der Waals surface area contributed by atoms with Gasteiger partial charge in [-0.05, 0) is 64.7 Å². The average molecular weight is 281 g/mol. The molecule has 0 heterocycles. The molecule has 114 valence electrons. The second kappa shape index (κ2) is 5.05. The van der Waals surface area contributed by atoms with Crippen LogP contribution in [0.25, 0.3) is 0 Å². The minimum absolute atomic E-state index is 0.00174. The number of aliphatic carboxylic acids is 1. The van der Waals surface area contributed by atoms with Crippen LogP contribution in [0.1, 0.15) is 59.8 Å². The van der Waals surface area contributed by atoms with Crippen LogP contribution in [0.5, 0.6) is 0 Å². The predicted octanol–water partition coefficient (Wildman–Crippen LogP) is 2.82. The summed E-state index contributed by atoms with van der Waals surface area (Å²) in [5, 5.41) is 12.3. The van der Waals surface area contributed by atoms with E-state index in [2.05, 4.69) is 5.32 Å². The summed E-state index contributed by atoms with van der Waals surface area (Å²) < 4.78 is 0. The first-order valence-electron chi connectivity index (χ1n) is 7.68. The van der Waals surface area contributed by atoms with E-state index in [1.54, 1.807) is 27.7 Å². The van der Waals surface area contributed by atoms with E-state index in [0.717, 1.165) is 11.8 Å². The molecule has 2 aliphatic rings. The third kappa shape index (κ3) is 2.70. The SMILES string of the molecule is CC(C)(NC(=O)CC1CC2CCC1C2)C(C)(C)C(=O)O. The van der Waals surface area contributed by atoms with Gasteiger partial charge in [0.05, 0.1) is 5.41 Å². The van der Waals surface area contributed by atoms with Crippen LogP contribution in [0, 0.1) is 23.2 Å². The first-order chi connectivity index (χ1) is 9.13. The number of carboxylic acid groups (broad SMARTS) is 1. The number of carbonyl (C=O) groups is 2. The normalized spacial score (nSPS) is 29.5. The molecule has 0 spiro atoms. The molecule has 2 bridgehead atoms. The van der Waals surface area contributed by atoms with E-state index in [1.165, 1.54) is 25.7 Å². The predicted molar refractivity (Wildman–Crippen MR) is 77.2 cm³/mol.